The van der Waals surface area contributed by atoms with Gasteiger partial charge in [0.05, 0.1) is 23.0 Å². The van der Waals surface area contributed by atoms with Crippen LogP contribution in [0.1, 0.15) is 39.0 Å². The second-order valence-electron chi connectivity index (χ2n) is 9.51. The number of ether oxygens (including phenoxy) is 3. The fraction of sp³-hybridized carbons (Fsp3) is 0.357. The zero-order valence-electron chi connectivity index (χ0n) is 22.4. The molecule has 1 heterocycles. The van der Waals surface area contributed by atoms with Crippen LogP contribution < -0.4 is 9.47 Å². The Kier molecular flexibility index (Phi) is 9.34. The summed E-state index contributed by atoms with van der Waals surface area (Å²) in [5, 5.41) is 4.95. The monoisotopic (exact) mass is 565 g/mol. The minimum atomic E-state index is -4.75. The summed E-state index contributed by atoms with van der Waals surface area (Å²) in [5.41, 5.74) is 2.50. The van der Waals surface area contributed by atoms with Crippen molar-refractivity contribution in [2.45, 2.75) is 52.7 Å². The molecule has 0 amide bonds. The van der Waals surface area contributed by atoms with Crippen molar-refractivity contribution in [2.24, 2.45) is 0 Å². The lowest BCUT2D eigenvalue weighted by Gasteiger charge is -2.25. The molecule has 0 fully saturated rings. The molecule has 0 bridgehead atoms. The van der Waals surface area contributed by atoms with Gasteiger partial charge in [0.2, 0.25) is 0 Å². The first kappa shape index (κ1) is 30.0. The maximum absolute atomic E-state index is 12.5. The Labute approximate surface area is 230 Å². The van der Waals surface area contributed by atoms with E-state index >= 15 is 0 Å². The number of allylic oxidation sites excluding steroid dienone is 1. The van der Waals surface area contributed by atoms with E-state index in [1.165, 1.54) is 24.3 Å². The molecular formula is C28H31ClF3N3O4. The predicted octanol–water partition coefficient (Wildman–Crippen LogP) is 6.95. The minimum absolute atomic E-state index is 0.250. The molecule has 39 heavy (non-hydrogen) atoms. The van der Waals surface area contributed by atoms with E-state index in [2.05, 4.69) is 21.3 Å². The number of carbonyl (C=O) groups excluding carboxylic acids is 1. The molecule has 0 saturated carbocycles. The van der Waals surface area contributed by atoms with Crippen LogP contribution in [0.4, 0.5) is 13.2 Å². The number of hydrogen-bond donors (Lipinski definition) is 0. The maximum atomic E-state index is 12.5. The second-order valence-corrected chi connectivity index (χ2v) is 9.92. The van der Waals surface area contributed by atoms with Crippen LogP contribution in [-0.4, -0.2) is 46.3 Å². The second kappa shape index (κ2) is 12.1. The molecule has 7 nitrogen and oxygen atoms in total. The van der Waals surface area contributed by atoms with Gasteiger partial charge in [0.1, 0.15) is 11.5 Å². The summed E-state index contributed by atoms with van der Waals surface area (Å²) in [6.45, 7) is 12.1. The molecule has 0 spiro atoms. The third kappa shape index (κ3) is 8.24. The molecule has 210 valence electrons. The highest BCUT2D eigenvalue weighted by Crippen LogP contribution is 2.31. The highest BCUT2D eigenvalue weighted by molar-refractivity contribution is 6.32. The van der Waals surface area contributed by atoms with E-state index in [0.29, 0.717) is 40.8 Å². The van der Waals surface area contributed by atoms with Crippen molar-refractivity contribution in [3.63, 3.8) is 0 Å². The van der Waals surface area contributed by atoms with Crippen molar-refractivity contribution in [1.82, 2.24) is 14.7 Å². The predicted molar refractivity (Wildman–Crippen MR) is 143 cm³/mol. The standard InChI is InChI=1S/C28H31ClF3N3O4/c1-7-37-26(36)27(4,5)39-25-13-8-19(14-23(25)29)16-34(6)17-21-15-24(33-35(21)18(2)3)20-9-11-22(12-10-20)38-28(30,31)32/h8-15H,2,7,16-17H2,1,3-6H3. The average molecular weight is 566 g/mol. The lowest BCUT2D eigenvalue weighted by Crippen LogP contribution is -2.39. The molecule has 0 aliphatic carbocycles. The van der Waals surface area contributed by atoms with Gasteiger partial charge in [-0.15, -0.1) is 13.2 Å². The summed E-state index contributed by atoms with van der Waals surface area (Å²) < 4.78 is 53.9. The summed E-state index contributed by atoms with van der Waals surface area (Å²) in [6.07, 6.45) is -4.75. The molecule has 0 saturated heterocycles. The van der Waals surface area contributed by atoms with Gasteiger partial charge in [-0.2, -0.15) is 5.10 Å². The molecule has 0 aliphatic rings. The summed E-state index contributed by atoms with van der Waals surface area (Å²) in [6, 6.07) is 12.8. The molecule has 2 aromatic carbocycles. The van der Waals surface area contributed by atoms with Crippen molar-refractivity contribution in [2.75, 3.05) is 13.7 Å². The molecule has 0 radical (unpaired) electrons. The third-order valence-electron chi connectivity index (χ3n) is 5.54. The number of aromatic nitrogens is 2. The molecule has 1 aromatic heterocycles. The molecular weight excluding hydrogens is 535 g/mol. The van der Waals surface area contributed by atoms with Gasteiger partial charge in [0, 0.05) is 24.4 Å². The van der Waals surface area contributed by atoms with Gasteiger partial charge in [-0.25, -0.2) is 9.48 Å². The first-order valence-corrected chi connectivity index (χ1v) is 12.5. The van der Waals surface area contributed by atoms with E-state index < -0.39 is 17.9 Å². The Hall–Kier alpha value is -3.50. The molecule has 0 atom stereocenters. The molecule has 0 unspecified atom stereocenters. The number of halogens is 4. The average Bonchev–Trinajstić information content (AvgIpc) is 3.24. The van der Waals surface area contributed by atoms with Crippen molar-refractivity contribution in [1.29, 1.82) is 0 Å². The van der Waals surface area contributed by atoms with Crippen LogP contribution in [0.5, 0.6) is 11.5 Å². The highest BCUT2D eigenvalue weighted by Gasteiger charge is 2.32. The van der Waals surface area contributed by atoms with Crippen molar-refractivity contribution < 1.29 is 32.2 Å². The van der Waals surface area contributed by atoms with Gasteiger partial charge >= 0.3 is 12.3 Å². The van der Waals surface area contributed by atoms with Gasteiger partial charge in [-0.3, -0.25) is 4.90 Å². The topological polar surface area (TPSA) is 65.8 Å². The van der Waals surface area contributed by atoms with Gasteiger partial charge < -0.3 is 14.2 Å². The maximum Gasteiger partial charge on any atom is 0.573 e. The summed E-state index contributed by atoms with van der Waals surface area (Å²) in [5.74, 6) is -0.410. The van der Waals surface area contributed by atoms with Gasteiger partial charge in [0.15, 0.2) is 5.60 Å². The lowest BCUT2D eigenvalue weighted by atomic mass is 10.1. The Morgan fingerprint density at radius 2 is 1.74 bits per heavy atom. The van der Waals surface area contributed by atoms with E-state index in [0.717, 1.165) is 11.3 Å². The first-order chi connectivity index (χ1) is 18.2. The summed E-state index contributed by atoms with van der Waals surface area (Å²) in [4.78, 5) is 14.2. The number of carbonyl (C=O) groups is 1. The first-order valence-electron chi connectivity index (χ1n) is 12.1. The van der Waals surface area contributed by atoms with Crippen LogP contribution in [0.2, 0.25) is 5.02 Å². The fourth-order valence-corrected chi connectivity index (χ4v) is 4.06. The number of hydrogen-bond acceptors (Lipinski definition) is 6. The van der Waals surface area contributed by atoms with E-state index in [9.17, 15) is 18.0 Å². The van der Waals surface area contributed by atoms with Crippen LogP contribution in [0.3, 0.4) is 0 Å². The van der Waals surface area contributed by atoms with Crippen molar-refractivity contribution >= 4 is 23.3 Å². The number of benzene rings is 2. The number of rotatable bonds is 11. The fourth-order valence-electron chi connectivity index (χ4n) is 3.82. The number of alkyl halides is 3. The molecule has 0 N–H and O–H groups in total. The highest BCUT2D eigenvalue weighted by atomic mass is 35.5. The smallest absolute Gasteiger partial charge is 0.475 e. The molecule has 11 heteroatoms. The summed E-state index contributed by atoms with van der Waals surface area (Å²) in [7, 11) is 1.93. The molecule has 3 aromatic rings. The Morgan fingerprint density at radius 3 is 2.31 bits per heavy atom. The van der Waals surface area contributed by atoms with Crippen LogP contribution in [0, 0.1) is 0 Å². The summed E-state index contributed by atoms with van der Waals surface area (Å²) >= 11 is 6.45. The van der Waals surface area contributed by atoms with Gasteiger partial charge in [-0.05, 0) is 82.8 Å². The van der Waals surface area contributed by atoms with Crippen molar-refractivity contribution in [3.8, 4) is 22.8 Å². The van der Waals surface area contributed by atoms with Crippen LogP contribution in [-0.2, 0) is 22.6 Å². The zero-order chi connectivity index (χ0) is 29.0. The largest absolute Gasteiger partial charge is 0.573 e. The van der Waals surface area contributed by atoms with Crippen LogP contribution >= 0.6 is 11.6 Å². The number of esters is 1. The third-order valence-corrected chi connectivity index (χ3v) is 5.84. The normalized spacial score (nSPS) is 11.9. The van der Waals surface area contributed by atoms with E-state index in [1.807, 2.05) is 26.1 Å². The number of nitrogens with zero attached hydrogens (tertiary/aromatic N) is 3. The zero-order valence-corrected chi connectivity index (χ0v) is 23.2. The van der Waals surface area contributed by atoms with Crippen molar-refractivity contribution in [3.05, 3.63) is 71.4 Å². The van der Waals surface area contributed by atoms with Crippen LogP contribution in [0.15, 0.2) is 55.1 Å². The van der Waals surface area contributed by atoms with E-state index in [-0.39, 0.29) is 12.4 Å². The Bertz CT molecular complexity index is 1320. The van der Waals surface area contributed by atoms with Gasteiger partial charge in [0.25, 0.3) is 0 Å². The van der Waals surface area contributed by atoms with E-state index in [1.54, 1.807) is 37.6 Å². The molecule has 0 aliphatic heterocycles. The van der Waals surface area contributed by atoms with Crippen LogP contribution in [0.25, 0.3) is 17.0 Å². The lowest BCUT2D eigenvalue weighted by molar-refractivity contribution is -0.274. The SMILES string of the molecule is C=C(C)n1nc(-c2ccc(OC(F)(F)F)cc2)cc1CN(C)Cc1ccc(OC(C)(C)C(=O)OCC)c(Cl)c1. The van der Waals surface area contributed by atoms with E-state index in [4.69, 9.17) is 21.1 Å². The van der Waals surface area contributed by atoms with Gasteiger partial charge in [-0.1, -0.05) is 24.2 Å². The Balaban J connectivity index is 1.72. The quantitative estimate of drug-likeness (QED) is 0.235. The minimum Gasteiger partial charge on any atom is -0.475 e. The Morgan fingerprint density at radius 1 is 1.08 bits per heavy atom. The molecule has 3 rings (SSSR count).